The molecule has 1 nitrogen and oxygen atoms in total. The van der Waals surface area contributed by atoms with Crippen LogP contribution in [0.15, 0.2) is 22.7 Å². The van der Waals surface area contributed by atoms with Crippen molar-refractivity contribution in [2.75, 3.05) is 6.61 Å². The number of hydrogen-bond acceptors (Lipinski definition) is 1. The SMILES string of the molecule is CCOc1ccc(C(Cl)C2CCC(C)CC2)c(Br)c1. The van der Waals surface area contributed by atoms with Crippen molar-refractivity contribution in [3.8, 4) is 5.75 Å². The van der Waals surface area contributed by atoms with Crippen LogP contribution in [0.3, 0.4) is 0 Å². The van der Waals surface area contributed by atoms with Gasteiger partial charge >= 0.3 is 0 Å². The van der Waals surface area contributed by atoms with Gasteiger partial charge in [-0.3, -0.25) is 0 Å². The molecular formula is C16H22BrClO. The zero-order valence-corrected chi connectivity index (χ0v) is 14.0. The fourth-order valence-electron chi connectivity index (χ4n) is 2.82. The zero-order chi connectivity index (χ0) is 13.8. The van der Waals surface area contributed by atoms with E-state index in [1.54, 1.807) is 0 Å². The van der Waals surface area contributed by atoms with Crippen molar-refractivity contribution in [2.45, 2.75) is 44.9 Å². The third kappa shape index (κ3) is 3.88. The maximum Gasteiger partial charge on any atom is 0.120 e. The lowest BCUT2D eigenvalue weighted by molar-refractivity contribution is 0.283. The van der Waals surface area contributed by atoms with Crippen molar-refractivity contribution in [1.82, 2.24) is 0 Å². The molecule has 3 heteroatoms. The van der Waals surface area contributed by atoms with Gasteiger partial charge in [0.2, 0.25) is 0 Å². The summed E-state index contributed by atoms with van der Waals surface area (Å²) in [6.07, 6.45) is 5.11. The van der Waals surface area contributed by atoms with E-state index in [1.165, 1.54) is 31.2 Å². The lowest BCUT2D eigenvalue weighted by Crippen LogP contribution is -2.16. The fraction of sp³-hybridized carbons (Fsp3) is 0.625. The van der Waals surface area contributed by atoms with E-state index < -0.39 is 0 Å². The quantitative estimate of drug-likeness (QED) is 0.612. The maximum absolute atomic E-state index is 6.70. The van der Waals surface area contributed by atoms with Crippen molar-refractivity contribution >= 4 is 27.5 Å². The topological polar surface area (TPSA) is 9.23 Å². The Morgan fingerprint density at radius 2 is 2.00 bits per heavy atom. The van der Waals surface area contributed by atoms with Crippen molar-refractivity contribution in [1.29, 1.82) is 0 Å². The molecule has 1 saturated carbocycles. The van der Waals surface area contributed by atoms with Crippen LogP contribution in [-0.2, 0) is 0 Å². The number of halogens is 2. The van der Waals surface area contributed by atoms with E-state index in [0.29, 0.717) is 12.5 Å². The standard InChI is InChI=1S/C16H22BrClO/c1-3-19-13-8-9-14(15(17)10-13)16(18)12-6-4-11(2)5-7-12/h8-12,16H,3-7H2,1-2H3. The summed E-state index contributed by atoms with van der Waals surface area (Å²) in [5.74, 6) is 2.37. The molecule has 106 valence electrons. The molecule has 1 aliphatic carbocycles. The van der Waals surface area contributed by atoms with Gasteiger partial charge in [-0.2, -0.15) is 0 Å². The summed E-state index contributed by atoms with van der Waals surface area (Å²) >= 11 is 10.3. The lowest BCUT2D eigenvalue weighted by Gasteiger charge is -2.30. The molecule has 0 aliphatic heterocycles. The summed E-state index contributed by atoms with van der Waals surface area (Å²) in [5, 5.41) is 0.109. The Labute approximate surface area is 129 Å². The van der Waals surface area contributed by atoms with Crippen LogP contribution in [0.2, 0.25) is 0 Å². The van der Waals surface area contributed by atoms with Gasteiger partial charge in [0.25, 0.3) is 0 Å². The van der Waals surface area contributed by atoms with Crippen molar-refractivity contribution in [3.05, 3.63) is 28.2 Å². The van der Waals surface area contributed by atoms with Gasteiger partial charge in [0.15, 0.2) is 0 Å². The first-order valence-corrected chi connectivity index (χ1v) is 8.41. The largest absolute Gasteiger partial charge is 0.494 e. The molecule has 0 spiro atoms. The molecule has 1 aromatic rings. The fourth-order valence-corrected chi connectivity index (χ4v) is 4.00. The Kier molecular flexibility index (Phi) is 5.58. The van der Waals surface area contributed by atoms with E-state index in [0.717, 1.165) is 16.1 Å². The zero-order valence-electron chi connectivity index (χ0n) is 11.7. The van der Waals surface area contributed by atoms with Crippen LogP contribution in [0.5, 0.6) is 5.75 Å². The molecule has 0 N–H and O–H groups in total. The number of alkyl halides is 1. The summed E-state index contributed by atoms with van der Waals surface area (Å²) in [4.78, 5) is 0. The first-order chi connectivity index (χ1) is 9.11. The Hall–Kier alpha value is -0.210. The monoisotopic (exact) mass is 344 g/mol. The summed E-state index contributed by atoms with van der Waals surface area (Å²) < 4.78 is 6.57. The summed E-state index contributed by atoms with van der Waals surface area (Å²) in [7, 11) is 0. The first-order valence-electron chi connectivity index (χ1n) is 7.18. The molecular weight excluding hydrogens is 324 g/mol. The van der Waals surface area contributed by atoms with E-state index in [9.17, 15) is 0 Å². The van der Waals surface area contributed by atoms with Crippen LogP contribution in [0.4, 0.5) is 0 Å². The smallest absolute Gasteiger partial charge is 0.120 e. The van der Waals surface area contributed by atoms with Gasteiger partial charge in [-0.25, -0.2) is 0 Å². The number of hydrogen-bond donors (Lipinski definition) is 0. The summed E-state index contributed by atoms with van der Waals surface area (Å²) in [6, 6.07) is 6.15. The minimum Gasteiger partial charge on any atom is -0.494 e. The second-order valence-electron chi connectivity index (χ2n) is 5.54. The lowest BCUT2D eigenvalue weighted by atomic mass is 9.80. The molecule has 0 amide bonds. The molecule has 2 rings (SSSR count). The predicted molar refractivity (Wildman–Crippen MR) is 85.0 cm³/mol. The second-order valence-corrected chi connectivity index (χ2v) is 6.86. The molecule has 0 saturated heterocycles. The molecule has 19 heavy (non-hydrogen) atoms. The van der Waals surface area contributed by atoms with E-state index in [4.69, 9.17) is 16.3 Å². The van der Waals surface area contributed by atoms with Crippen LogP contribution < -0.4 is 4.74 Å². The number of ether oxygens (including phenoxy) is 1. The van der Waals surface area contributed by atoms with Gasteiger partial charge in [-0.05, 0) is 49.3 Å². The molecule has 1 aromatic carbocycles. The normalized spacial score (nSPS) is 25.1. The molecule has 0 aromatic heterocycles. The Bertz CT molecular complexity index is 413. The Morgan fingerprint density at radius 3 is 2.58 bits per heavy atom. The van der Waals surface area contributed by atoms with Crippen LogP contribution >= 0.6 is 27.5 Å². The molecule has 1 atom stereocenters. The molecule has 1 aliphatic rings. The molecule has 0 bridgehead atoms. The van der Waals surface area contributed by atoms with Gasteiger partial charge in [0, 0.05) is 4.47 Å². The van der Waals surface area contributed by atoms with Gasteiger partial charge in [-0.1, -0.05) is 41.8 Å². The highest BCUT2D eigenvalue weighted by Gasteiger charge is 2.27. The summed E-state index contributed by atoms with van der Waals surface area (Å²) in [5.41, 5.74) is 1.20. The highest BCUT2D eigenvalue weighted by atomic mass is 79.9. The second kappa shape index (κ2) is 6.99. The summed E-state index contributed by atoms with van der Waals surface area (Å²) in [6.45, 7) is 5.03. The molecule has 1 unspecified atom stereocenters. The Morgan fingerprint density at radius 1 is 1.32 bits per heavy atom. The van der Waals surface area contributed by atoms with Crippen LogP contribution in [0.1, 0.15) is 50.5 Å². The predicted octanol–water partition coefficient (Wildman–Crippen LogP) is 5.95. The van der Waals surface area contributed by atoms with E-state index >= 15 is 0 Å². The number of benzene rings is 1. The van der Waals surface area contributed by atoms with Gasteiger partial charge in [0.1, 0.15) is 5.75 Å². The average Bonchev–Trinajstić information content (AvgIpc) is 2.39. The maximum atomic E-state index is 6.70. The van der Waals surface area contributed by atoms with Crippen LogP contribution in [-0.4, -0.2) is 6.61 Å². The first kappa shape index (κ1) is 15.2. The third-order valence-electron chi connectivity index (χ3n) is 4.05. The highest BCUT2D eigenvalue weighted by Crippen LogP contribution is 2.43. The number of rotatable bonds is 4. The van der Waals surface area contributed by atoms with Crippen molar-refractivity contribution < 1.29 is 4.74 Å². The Balaban J connectivity index is 2.08. The van der Waals surface area contributed by atoms with Crippen LogP contribution in [0, 0.1) is 11.8 Å². The van der Waals surface area contributed by atoms with Crippen molar-refractivity contribution in [3.63, 3.8) is 0 Å². The van der Waals surface area contributed by atoms with Gasteiger partial charge in [-0.15, -0.1) is 11.6 Å². The van der Waals surface area contributed by atoms with E-state index in [-0.39, 0.29) is 5.38 Å². The minimum absolute atomic E-state index is 0.109. The molecule has 0 radical (unpaired) electrons. The van der Waals surface area contributed by atoms with Crippen molar-refractivity contribution in [2.24, 2.45) is 11.8 Å². The van der Waals surface area contributed by atoms with Gasteiger partial charge < -0.3 is 4.74 Å². The van der Waals surface area contributed by atoms with E-state index in [2.05, 4.69) is 28.9 Å². The van der Waals surface area contributed by atoms with Gasteiger partial charge in [0.05, 0.1) is 12.0 Å². The van der Waals surface area contributed by atoms with E-state index in [1.807, 2.05) is 19.1 Å². The third-order valence-corrected chi connectivity index (χ3v) is 5.33. The molecule has 1 fully saturated rings. The highest BCUT2D eigenvalue weighted by molar-refractivity contribution is 9.10. The van der Waals surface area contributed by atoms with Crippen LogP contribution in [0.25, 0.3) is 0 Å². The minimum atomic E-state index is 0.109. The average molecular weight is 346 g/mol. The molecule has 0 heterocycles.